The van der Waals surface area contributed by atoms with E-state index in [1.165, 1.54) is 0 Å². The average Bonchev–Trinajstić information content (AvgIpc) is 2.65. The Morgan fingerprint density at radius 1 is 1.12 bits per heavy atom. The molecule has 1 aromatic carbocycles. The normalized spacial score (nSPS) is 11.5. The summed E-state index contributed by atoms with van der Waals surface area (Å²) < 4.78 is 10.6. The molecule has 1 atom stereocenters. The molecule has 2 aromatic rings. The molecule has 0 unspecified atom stereocenters. The molecule has 8 nitrogen and oxygen atoms in total. The van der Waals surface area contributed by atoms with E-state index < -0.39 is 5.97 Å². The van der Waals surface area contributed by atoms with Crippen molar-refractivity contribution in [3.05, 3.63) is 36.4 Å². The first-order valence-corrected chi connectivity index (χ1v) is 8.10. The first kappa shape index (κ1) is 19.2. The summed E-state index contributed by atoms with van der Waals surface area (Å²) >= 11 is 0. The molecule has 0 bridgehead atoms. The molecule has 0 aliphatic heterocycles. The Labute approximate surface area is 151 Å². The molecule has 0 saturated carbocycles. The number of hydrogen-bond donors (Lipinski definition) is 2. The van der Waals surface area contributed by atoms with Crippen LogP contribution in [0.25, 0.3) is 11.3 Å². The van der Waals surface area contributed by atoms with Crippen molar-refractivity contribution in [2.45, 2.75) is 25.8 Å². The van der Waals surface area contributed by atoms with Crippen LogP contribution in [0.5, 0.6) is 11.6 Å². The van der Waals surface area contributed by atoms with Gasteiger partial charge >= 0.3 is 5.97 Å². The second-order valence-corrected chi connectivity index (χ2v) is 5.66. The highest BCUT2D eigenvalue weighted by atomic mass is 16.5. The first-order valence-electron chi connectivity index (χ1n) is 8.10. The molecule has 1 heterocycles. The van der Waals surface area contributed by atoms with Crippen LogP contribution in [-0.4, -0.2) is 46.9 Å². The predicted molar refractivity (Wildman–Crippen MR) is 94.0 cm³/mol. The minimum Gasteiger partial charge on any atom is -0.497 e. The van der Waals surface area contributed by atoms with Crippen LogP contribution in [-0.2, 0) is 9.59 Å². The van der Waals surface area contributed by atoms with E-state index in [1.807, 2.05) is 24.3 Å². The number of carboxylic acid groups (broad SMARTS) is 1. The number of hydrogen-bond acceptors (Lipinski definition) is 6. The molecule has 0 fully saturated rings. The lowest BCUT2D eigenvalue weighted by atomic mass is 10.1. The fraction of sp³-hybridized carbons (Fsp3) is 0.333. The van der Waals surface area contributed by atoms with E-state index in [2.05, 4.69) is 15.5 Å². The second kappa shape index (κ2) is 9.36. The number of nitrogens with one attached hydrogen (secondary N) is 1. The number of aromatic nitrogens is 2. The van der Waals surface area contributed by atoms with Crippen LogP contribution < -0.4 is 14.8 Å². The van der Waals surface area contributed by atoms with Gasteiger partial charge in [-0.05, 0) is 37.3 Å². The molecule has 8 heteroatoms. The standard InChI is InChI=1S/C18H21N3O5/c1-12(19-16(22)8-10-18(23)24)11-26-17-9-7-15(20-21-17)13-3-5-14(25-2)6-4-13/h3-7,9,12H,8,10-11H2,1-2H3,(H,19,22)(H,23,24)/t12-/m1/s1. The number of methoxy groups -OCH3 is 1. The van der Waals surface area contributed by atoms with Crippen molar-refractivity contribution in [1.82, 2.24) is 15.5 Å². The Morgan fingerprint density at radius 2 is 1.85 bits per heavy atom. The molecule has 0 spiro atoms. The van der Waals surface area contributed by atoms with Crippen molar-refractivity contribution in [1.29, 1.82) is 0 Å². The highest BCUT2D eigenvalue weighted by Gasteiger charge is 2.10. The van der Waals surface area contributed by atoms with Crippen LogP contribution in [0.15, 0.2) is 36.4 Å². The molecular formula is C18H21N3O5. The summed E-state index contributed by atoms with van der Waals surface area (Å²) in [4.78, 5) is 22.0. The van der Waals surface area contributed by atoms with Gasteiger partial charge in [0.25, 0.3) is 0 Å². The highest BCUT2D eigenvalue weighted by Crippen LogP contribution is 2.21. The van der Waals surface area contributed by atoms with Gasteiger partial charge in [-0.25, -0.2) is 0 Å². The minimum atomic E-state index is -1.00. The summed E-state index contributed by atoms with van der Waals surface area (Å²) in [7, 11) is 1.61. The van der Waals surface area contributed by atoms with E-state index in [0.717, 1.165) is 11.3 Å². The van der Waals surface area contributed by atoms with Gasteiger partial charge in [-0.15, -0.1) is 10.2 Å². The van der Waals surface area contributed by atoms with Gasteiger partial charge in [-0.2, -0.15) is 0 Å². The van der Waals surface area contributed by atoms with Gasteiger partial charge in [0.05, 0.1) is 25.3 Å². The molecular weight excluding hydrogens is 338 g/mol. The maximum absolute atomic E-state index is 11.5. The van der Waals surface area contributed by atoms with Crippen molar-refractivity contribution in [2.75, 3.05) is 13.7 Å². The number of ether oxygens (including phenoxy) is 2. The van der Waals surface area contributed by atoms with Gasteiger partial charge in [-0.1, -0.05) is 0 Å². The van der Waals surface area contributed by atoms with E-state index in [9.17, 15) is 9.59 Å². The number of benzene rings is 1. The number of carbonyl (C=O) groups excluding carboxylic acids is 1. The Bertz CT molecular complexity index is 731. The Morgan fingerprint density at radius 3 is 2.42 bits per heavy atom. The van der Waals surface area contributed by atoms with E-state index in [-0.39, 0.29) is 31.4 Å². The fourth-order valence-electron chi connectivity index (χ4n) is 2.13. The SMILES string of the molecule is COc1ccc(-c2ccc(OC[C@@H](C)NC(=O)CCC(=O)O)nn2)cc1. The van der Waals surface area contributed by atoms with E-state index in [1.54, 1.807) is 26.2 Å². The number of aliphatic carboxylic acids is 1. The van der Waals surface area contributed by atoms with E-state index in [0.29, 0.717) is 11.6 Å². The zero-order chi connectivity index (χ0) is 18.9. The lowest BCUT2D eigenvalue weighted by Crippen LogP contribution is -2.37. The zero-order valence-electron chi connectivity index (χ0n) is 14.6. The van der Waals surface area contributed by atoms with Crippen molar-refractivity contribution in [2.24, 2.45) is 0 Å². The van der Waals surface area contributed by atoms with Crippen LogP contribution in [0.2, 0.25) is 0 Å². The third kappa shape index (κ3) is 6.04. The molecule has 0 radical (unpaired) electrons. The number of nitrogens with zero attached hydrogens (tertiary/aromatic N) is 2. The van der Waals surface area contributed by atoms with Crippen molar-refractivity contribution in [3.63, 3.8) is 0 Å². The fourth-order valence-corrected chi connectivity index (χ4v) is 2.13. The van der Waals surface area contributed by atoms with Gasteiger partial charge in [0, 0.05) is 18.1 Å². The molecule has 0 aliphatic rings. The highest BCUT2D eigenvalue weighted by molar-refractivity contribution is 5.80. The lowest BCUT2D eigenvalue weighted by Gasteiger charge is -2.14. The molecule has 2 rings (SSSR count). The Hall–Kier alpha value is -3.16. The minimum absolute atomic E-state index is 0.0595. The molecule has 1 amide bonds. The van der Waals surface area contributed by atoms with Gasteiger partial charge in [0.2, 0.25) is 11.8 Å². The third-order valence-electron chi connectivity index (χ3n) is 3.48. The predicted octanol–water partition coefficient (Wildman–Crippen LogP) is 1.90. The lowest BCUT2D eigenvalue weighted by molar-refractivity contribution is -0.138. The quantitative estimate of drug-likeness (QED) is 0.703. The van der Waals surface area contributed by atoms with Gasteiger partial charge < -0.3 is 19.9 Å². The van der Waals surface area contributed by atoms with E-state index >= 15 is 0 Å². The first-order chi connectivity index (χ1) is 12.5. The van der Waals surface area contributed by atoms with Crippen molar-refractivity contribution in [3.8, 4) is 22.9 Å². The summed E-state index contributed by atoms with van der Waals surface area (Å²) in [6.07, 6.45) is -0.256. The number of rotatable bonds is 9. The van der Waals surface area contributed by atoms with Gasteiger partial charge in [0.15, 0.2) is 0 Å². The van der Waals surface area contributed by atoms with Crippen LogP contribution in [0, 0.1) is 0 Å². The monoisotopic (exact) mass is 359 g/mol. The molecule has 2 N–H and O–H groups in total. The molecule has 0 saturated heterocycles. The Kier molecular flexibility index (Phi) is 6.90. The molecule has 0 aliphatic carbocycles. The largest absolute Gasteiger partial charge is 0.497 e. The summed E-state index contributed by atoms with van der Waals surface area (Å²) in [6, 6.07) is 10.7. The second-order valence-electron chi connectivity index (χ2n) is 5.66. The zero-order valence-corrected chi connectivity index (χ0v) is 14.6. The topological polar surface area (TPSA) is 111 Å². The van der Waals surface area contributed by atoms with Crippen LogP contribution >= 0.6 is 0 Å². The third-order valence-corrected chi connectivity index (χ3v) is 3.48. The van der Waals surface area contributed by atoms with Crippen LogP contribution in [0.3, 0.4) is 0 Å². The summed E-state index contributed by atoms with van der Waals surface area (Å²) in [5, 5.41) is 19.4. The summed E-state index contributed by atoms with van der Waals surface area (Å²) in [6.45, 7) is 1.97. The van der Waals surface area contributed by atoms with Gasteiger partial charge in [-0.3, -0.25) is 9.59 Å². The molecule has 138 valence electrons. The van der Waals surface area contributed by atoms with Crippen LogP contribution in [0.4, 0.5) is 0 Å². The van der Waals surface area contributed by atoms with Crippen LogP contribution in [0.1, 0.15) is 19.8 Å². The smallest absolute Gasteiger partial charge is 0.303 e. The summed E-state index contributed by atoms with van der Waals surface area (Å²) in [5.41, 5.74) is 1.61. The molecule has 1 aromatic heterocycles. The number of carbonyl (C=O) groups is 2. The van der Waals surface area contributed by atoms with E-state index in [4.69, 9.17) is 14.6 Å². The molecule has 26 heavy (non-hydrogen) atoms. The maximum Gasteiger partial charge on any atom is 0.303 e. The summed E-state index contributed by atoms with van der Waals surface area (Å²) in [5.74, 6) is -0.226. The average molecular weight is 359 g/mol. The van der Waals surface area contributed by atoms with Gasteiger partial charge in [0.1, 0.15) is 12.4 Å². The maximum atomic E-state index is 11.5. The number of amides is 1. The van der Waals surface area contributed by atoms with Crippen molar-refractivity contribution < 1.29 is 24.2 Å². The Balaban J connectivity index is 1.83. The van der Waals surface area contributed by atoms with Crippen molar-refractivity contribution >= 4 is 11.9 Å². The number of carboxylic acids is 1.